The zero-order chi connectivity index (χ0) is 21.0. The predicted molar refractivity (Wildman–Crippen MR) is 112 cm³/mol. The molecule has 0 saturated heterocycles. The van der Waals surface area contributed by atoms with Gasteiger partial charge in [-0.2, -0.15) is 0 Å². The maximum atomic E-state index is 13.1. The number of aryl methyl sites for hydroxylation is 1. The average molecular weight is 415 g/mol. The normalized spacial score (nSPS) is 11.8. The molecule has 29 heavy (non-hydrogen) atoms. The molecule has 3 rings (SSSR count). The molecule has 1 N–H and O–H groups in total. The minimum absolute atomic E-state index is 0.0533. The number of ether oxygens (including phenoxy) is 1. The summed E-state index contributed by atoms with van der Waals surface area (Å²) >= 11 is 0. The Kier molecular flexibility index (Phi) is 6.39. The molecule has 154 valence electrons. The summed E-state index contributed by atoms with van der Waals surface area (Å²) < 4.78 is 39.6. The molecule has 0 radical (unpaired) electrons. The third-order valence-corrected chi connectivity index (χ3v) is 6.00. The maximum Gasteiger partial charge on any atom is 0.241 e. The lowest BCUT2D eigenvalue weighted by molar-refractivity contribution is 0.340. The van der Waals surface area contributed by atoms with Crippen LogP contribution in [-0.2, 0) is 16.6 Å². The Balaban J connectivity index is 1.87. The first-order chi connectivity index (χ1) is 13.8. The molecule has 0 aliphatic carbocycles. The van der Waals surface area contributed by atoms with Gasteiger partial charge < -0.3 is 9.26 Å². The van der Waals surface area contributed by atoms with Gasteiger partial charge in [0.25, 0.3) is 0 Å². The van der Waals surface area contributed by atoms with Gasteiger partial charge in [0, 0.05) is 18.2 Å². The number of hydrogen-bond donors (Lipinski definition) is 1. The van der Waals surface area contributed by atoms with Gasteiger partial charge in [0.2, 0.25) is 10.0 Å². The highest BCUT2D eigenvalue weighted by Gasteiger charge is 2.22. The van der Waals surface area contributed by atoms with Gasteiger partial charge in [0.15, 0.2) is 5.76 Å². The van der Waals surface area contributed by atoms with Crippen LogP contribution in [0.3, 0.4) is 0 Å². The first-order valence-corrected chi connectivity index (χ1v) is 11.1. The van der Waals surface area contributed by atoms with E-state index in [1.54, 1.807) is 12.1 Å². The van der Waals surface area contributed by atoms with Crippen molar-refractivity contribution in [1.29, 1.82) is 0 Å². The largest absolute Gasteiger partial charge is 0.494 e. The number of aromatic nitrogens is 1. The van der Waals surface area contributed by atoms with Crippen LogP contribution in [0.25, 0.3) is 11.3 Å². The Labute approximate surface area is 171 Å². The monoisotopic (exact) mass is 414 g/mol. The van der Waals surface area contributed by atoms with E-state index < -0.39 is 10.0 Å². The highest BCUT2D eigenvalue weighted by molar-refractivity contribution is 7.89. The first-order valence-electron chi connectivity index (χ1n) is 9.59. The minimum Gasteiger partial charge on any atom is -0.494 e. The van der Waals surface area contributed by atoms with E-state index in [9.17, 15) is 8.42 Å². The van der Waals surface area contributed by atoms with Gasteiger partial charge in [-0.25, -0.2) is 13.1 Å². The van der Waals surface area contributed by atoms with Crippen LogP contribution in [0.5, 0.6) is 5.75 Å². The van der Waals surface area contributed by atoms with Crippen LogP contribution in [0.15, 0.2) is 57.9 Å². The van der Waals surface area contributed by atoms with Crippen molar-refractivity contribution in [3.8, 4) is 17.1 Å². The Morgan fingerprint density at radius 3 is 2.41 bits per heavy atom. The second kappa shape index (κ2) is 8.80. The van der Waals surface area contributed by atoms with Crippen molar-refractivity contribution in [3.63, 3.8) is 0 Å². The van der Waals surface area contributed by atoms with Crippen molar-refractivity contribution in [3.05, 3.63) is 65.4 Å². The number of nitrogens with zero attached hydrogens (tertiary/aromatic N) is 1. The topological polar surface area (TPSA) is 81.4 Å². The van der Waals surface area contributed by atoms with Crippen molar-refractivity contribution in [2.45, 2.75) is 45.1 Å². The van der Waals surface area contributed by atoms with Crippen LogP contribution in [0.2, 0.25) is 0 Å². The van der Waals surface area contributed by atoms with Gasteiger partial charge in [-0.15, -0.1) is 0 Å². The molecule has 2 aromatic carbocycles. The van der Waals surface area contributed by atoms with E-state index in [1.807, 2.05) is 64.1 Å². The molecule has 1 aromatic heterocycles. The third kappa shape index (κ3) is 5.05. The van der Waals surface area contributed by atoms with Crippen molar-refractivity contribution in [2.24, 2.45) is 0 Å². The number of hydrogen-bond acceptors (Lipinski definition) is 5. The highest BCUT2D eigenvalue weighted by Crippen LogP contribution is 2.30. The lowest BCUT2D eigenvalue weighted by atomic mass is 10.0. The van der Waals surface area contributed by atoms with E-state index >= 15 is 0 Å². The standard InChI is InChI=1S/C22H26N2O4S/c1-5-27-19-9-6-17(7-10-19)14-23-29(25,26)22-13-18(8-11-20(22)15(2)3)21-12-16(4)24-28-21/h6-13,15,23H,5,14H2,1-4H3. The fourth-order valence-electron chi connectivity index (χ4n) is 3.02. The zero-order valence-electron chi connectivity index (χ0n) is 17.1. The summed E-state index contributed by atoms with van der Waals surface area (Å²) in [6.45, 7) is 8.47. The van der Waals surface area contributed by atoms with E-state index in [0.717, 1.165) is 22.6 Å². The summed E-state index contributed by atoms with van der Waals surface area (Å²) in [4.78, 5) is 0.255. The summed E-state index contributed by atoms with van der Waals surface area (Å²) in [5.41, 5.74) is 3.02. The van der Waals surface area contributed by atoms with Crippen LogP contribution >= 0.6 is 0 Å². The van der Waals surface area contributed by atoms with Crippen molar-refractivity contribution in [1.82, 2.24) is 9.88 Å². The number of rotatable bonds is 8. The van der Waals surface area contributed by atoms with Gasteiger partial charge >= 0.3 is 0 Å². The third-order valence-electron chi connectivity index (χ3n) is 4.54. The smallest absolute Gasteiger partial charge is 0.241 e. The molecule has 0 saturated carbocycles. The maximum absolute atomic E-state index is 13.1. The number of nitrogens with one attached hydrogen (secondary N) is 1. The molecule has 7 heteroatoms. The van der Waals surface area contributed by atoms with E-state index in [0.29, 0.717) is 17.9 Å². The first kappa shape index (κ1) is 21.1. The van der Waals surface area contributed by atoms with Crippen LogP contribution in [0.4, 0.5) is 0 Å². The quantitative estimate of drug-likeness (QED) is 0.580. The summed E-state index contributed by atoms with van der Waals surface area (Å²) in [5.74, 6) is 1.36. The number of benzene rings is 2. The van der Waals surface area contributed by atoms with Gasteiger partial charge in [-0.05, 0) is 49.1 Å². The Bertz CT molecular complexity index is 1070. The average Bonchev–Trinajstić information content (AvgIpc) is 3.13. The molecule has 1 heterocycles. The Morgan fingerprint density at radius 1 is 1.10 bits per heavy atom. The van der Waals surface area contributed by atoms with E-state index in [1.165, 1.54) is 0 Å². The Morgan fingerprint density at radius 2 is 1.83 bits per heavy atom. The SMILES string of the molecule is CCOc1ccc(CNS(=O)(=O)c2cc(-c3cc(C)no3)ccc2C(C)C)cc1. The van der Waals surface area contributed by atoms with Crippen LogP contribution in [-0.4, -0.2) is 20.2 Å². The predicted octanol–water partition coefficient (Wildman–Crippen LogP) is 4.65. The molecule has 0 aliphatic heterocycles. The molecule has 0 spiro atoms. The molecule has 0 bridgehead atoms. The molecular weight excluding hydrogens is 388 g/mol. The van der Waals surface area contributed by atoms with Crippen molar-refractivity contribution >= 4 is 10.0 Å². The summed E-state index contributed by atoms with van der Waals surface area (Å²) in [6.07, 6.45) is 0. The summed E-state index contributed by atoms with van der Waals surface area (Å²) in [6, 6.07) is 14.5. The second-order valence-electron chi connectivity index (χ2n) is 7.14. The molecule has 3 aromatic rings. The fourth-order valence-corrected chi connectivity index (χ4v) is 4.43. The van der Waals surface area contributed by atoms with Crippen molar-refractivity contribution in [2.75, 3.05) is 6.61 Å². The minimum atomic E-state index is -3.72. The number of sulfonamides is 1. The van der Waals surface area contributed by atoms with E-state index in [4.69, 9.17) is 9.26 Å². The van der Waals surface area contributed by atoms with Gasteiger partial charge in [0.1, 0.15) is 5.75 Å². The second-order valence-corrected chi connectivity index (χ2v) is 8.88. The molecule has 0 unspecified atom stereocenters. The molecule has 0 atom stereocenters. The van der Waals surface area contributed by atoms with Crippen LogP contribution in [0, 0.1) is 6.92 Å². The van der Waals surface area contributed by atoms with Crippen LogP contribution < -0.4 is 9.46 Å². The van der Waals surface area contributed by atoms with Gasteiger partial charge in [0.05, 0.1) is 17.2 Å². The molecular formula is C22H26N2O4S. The molecule has 6 nitrogen and oxygen atoms in total. The van der Waals surface area contributed by atoms with Crippen molar-refractivity contribution < 1.29 is 17.7 Å². The molecule has 0 fully saturated rings. The lowest BCUT2D eigenvalue weighted by Gasteiger charge is -2.15. The van der Waals surface area contributed by atoms with E-state index in [2.05, 4.69) is 9.88 Å². The lowest BCUT2D eigenvalue weighted by Crippen LogP contribution is -2.24. The van der Waals surface area contributed by atoms with Crippen LogP contribution in [0.1, 0.15) is 43.5 Å². The summed E-state index contributed by atoms with van der Waals surface area (Å²) in [5, 5.41) is 3.89. The summed E-state index contributed by atoms with van der Waals surface area (Å²) in [7, 11) is -3.72. The zero-order valence-corrected chi connectivity index (χ0v) is 17.9. The Hall–Kier alpha value is -2.64. The molecule has 0 amide bonds. The van der Waals surface area contributed by atoms with E-state index in [-0.39, 0.29) is 17.4 Å². The fraction of sp³-hybridized carbons (Fsp3) is 0.318. The molecule has 0 aliphatic rings. The highest BCUT2D eigenvalue weighted by atomic mass is 32.2. The van der Waals surface area contributed by atoms with Gasteiger partial charge in [-0.1, -0.05) is 43.3 Å². The van der Waals surface area contributed by atoms with Gasteiger partial charge in [-0.3, -0.25) is 0 Å².